The van der Waals surface area contributed by atoms with Gasteiger partial charge < -0.3 is 10.1 Å². The maximum Gasteiger partial charge on any atom is 0.152 e. The Morgan fingerprint density at radius 1 is 0.929 bits per heavy atom. The van der Waals surface area contributed by atoms with Crippen LogP contribution in [0.15, 0.2) is 95.6 Å². The molecule has 0 fully saturated rings. The number of rotatable bonds is 5. The molecule has 5 heteroatoms. The highest BCUT2D eigenvalue weighted by Gasteiger charge is 2.24. The van der Waals surface area contributed by atoms with Crippen molar-refractivity contribution in [2.24, 2.45) is 0 Å². The van der Waals surface area contributed by atoms with Crippen molar-refractivity contribution in [3.63, 3.8) is 0 Å². The number of imidazole rings is 1. The first-order valence-corrected chi connectivity index (χ1v) is 9.69. The number of aliphatic hydroxyl groups is 1. The van der Waals surface area contributed by atoms with E-state index in [9.17, 15) is 10.4 Å². The highest BCUT2D eigenvalue weighted by Crippen LogP contribution is 2.41. The van der Waals surface area contributed by atoms with E-state index in [2.05, 4.69) is 16.0 Å². The fraction of sp³-hybridized carbons (Fsp3) is 0.0435. The van der Waals surface area contributed by atoms with Crippen LogP contribution in [-0.4, -0.2) is 15.1 Å². The number of allylic oxidation sites excluding steroid dienone is 1. The number of hydrogen-bond donors (Lipinski definition) is 2. The highest BCUT2D eigenvalue weighted by atomic mass is 32.2. The van der Waals surface area contributed by atoms with Crippen LogP contribution in [0, 0.1) is 11.3 Å². The molecule has 3 aromatic carbocycles. The van der Waals surface area contributed by atoms with Gasteiger partial charge in [-0.2, -0.15) is 5.26 Å². The second-order valence-electron chi connectivity index (χ2n) is 6.20. The third kappa shape index (κ3) is 3.64. The maximum atomic E-state index is 11.1. The van der Waals surface area contributed by atoms with Crippen LogP contribution in [0.1, 0.15) is 16.6 Å². The van der Waals surface area contributed by atoms with Crippen molar-refractivity contribution in [3.8, 4) is 6.07 Å². The smallest absolute Gasteiger partial charge is 0.152 e. The summed E-state index contributed by atoms with van der Waals surface area (Å²) < 4.78 is 0. The largest absolute Gasteiger partial charge is 0.509 e. The second-order valence-corrected chi connectivity index (χ2v) is 7.37. The summed E-state index contributed by atoms with van der Waals surface area (Å²) in [6.07, 6.45) is 0. The zero-order valence-corrected chi connectivity index (χ0v) is 15.7. The van der Waals surface area contributed by atoms with Gasteiger partial charge in [-0.05, 0) is 29.8 Å². The molecule has 0 aliphatic heterocycles. The van der Waals surface area contributed by atoms with Crippen molar-refractivity contribution in [1.29, 1.82) is 5.26 Å². The lowest BCUT2D eigenvalue weighted by atomic mass is 10.1. The van der Waals surface area contributed by atoms with E-state index in [1.807, 2.05) is 84.9 Å². The molecule has 0 saturated heterocycles. The van der Waals surface area contributed by atoms with Gasteiger partial charge in [0.2, 0.25) is 0 Å². The highest BCUT2D eigenvalue weighted by molar-refractivity contribution is 7.99. The number of para-hydroxylation sites is 2. The molecule has 4 aromatic rings. The lowest BCUT2D eigenvalue weighted by Gasteiger charge is -2.17. The Kier molecular flexibility index (Phi) is 5.14. The normalized spacial score (nSPS) is 13.0. The fourth-order valence-corrected chi connectivity index (χ4v) is 4.09. The van der Waals surface area contributed by atoms with Crippen LogP contribution in [-0.2, 0) is 0 Å². The van der Waals surface area contributed by atoms with Gasteiger partial charge in [-0.25, -0.2) is 4.98 Å². The maximum absolute atomic E-state index is 11.1. The van der Waals surface area contributed by atoms with E-state index in [4.69, 9.17) is 0 Å². The summed E-state index contributed by atoms with van der Waals surface area (Å²) in [5.41, 5.74) is 2.64. The number of nitriles is 1. The number of thioether (sulfide) groups is 1. The Morgan fingerprint density at radius 2 is 1.57 bits per heavy atom. The average molecular weight is 383 g/mol. The first-order valence-electron chi connectivity index (χ1n) is 8.81. The van der Waals surface area contributed by atoms with Gasteiger partial charge in [0.05, 0.1) is 16.3 Å². The van der Waals surface area contributed by atoms with Gasteiger partial charge >= 0.3 is 0 Å². The van der Waals surface area contributed by atoms with Gasteiger partial charge in [0.1, 0.15) is 17.4 Å². The minimum Gasteiger partial charge on any atom is -0.509 e. The molecule has 0 saturated carbocycles. The number of aromatic nitrogens is 2. The summed E-state index contributed by atoms with van der Waals surface area (Å²) in [6.45, 7) is 0. The topological polar surface area (TPSA) is 72.7 Å². The van der Waals surface area contributed by atoms with E-state index < -0.39 is 5.25 Å². The number of aromatic amines is 1. The molecule has 1 heterocycles. The summed E-state index contributed by atoms with van der Waals surface area (Å²) in [6, 6.07) is 29.2. The monoisotopic (exact) mass is 383 g/mol. The van der Waals surface area contributed by atoms with Gasteiger partial charge in [-0.15, -0.1) is 11.8 Å². The molecule has 0 aliphatic carbocycles. The van der Waals surface area contributed by atoms with Crippen molar-refractivity contribution in [3.05, 3.63) is 102 Å². The molecular weight excluding hydrogens is 366 g/mol. The van der Waals surface area contributed by atoms with Crippen LogP contribution in [0.4, 0.5) is 0 Å². The van der Waals surface area contributed by atoms with E-state index in [-0.39, 0.29) is 11.3 Å². The van der Waals surface area contributed by atoms with Gasteiger partial charge in [-0.1, -0.05) is 60.7 Å². The minimum atomic E-state index is -0.425. The minimum absolute atomic E-state index is 0.0124. The number of fused-ring (bicyclic) bond motifs is 1. The zero-order chi connectivity index (χ0) is 19.3. The van der Waals surface area contributed by atoms with Crippen LogP contribution >= 0.6 is 11.8 Å². The number of nitrogens with zero attached hydrogens (tertiary/aromatic N) is 2. The van der Waals surface area contributed by atoms with Crippen molar-refractivity contribution in [2.45, 2.75) is 10.1 Å². The standard InChI is InChI=1S/C23H17N3OS/c24-15-18(23-25-19-13-7-8-14-20(19)26-23)21(27)22(16-9-3-1-4-10-16)28-17-11-5-2-6-12-17/h1-14,22,27H,(H,25,26)/b21-18-/t22-/m1/s1. The van der Waals surface area contributed by atoms with E-state index in [1.54, 1.807) is 0 Å². The van der Waals surface area contributed by atoms with Gasteiger partial charge in [-0.3, -0.25) is 0 Å². The second kappa shape index (κ2) is 8.03. The van der Waals surface area contributed by atoms with E-state index in [1.165, 1.54) is 11.8 Å². The SMILES string of the molecule is N#C/C(=C(/O)[C@H](Sc1ccccc1)c1ccccc1)c1nc2ccccc2[nH]1. The predicted octanol–water partition coefficient (Wildman–Crippen LogP) is 5.89. The van der Waals surface area contributed by atoms with Gasteiger partial charge in [0.15, 0.2) is 5.82 Å². The molecular formula is C23H17N3OS. The molecule has 0 bridgehead atoms. The van der Waals surface area contributed by atoms with Crippen molar-refractivity contribution < 1.29 is 5.11 Å². The number of aliphatic hydroxyl groups excluding tert-OH is 1. The molecule has 1 atom stereocenters. The summed E-state index contributed by atoms with van der Waals surface area (Å²) in [5, 5.41) is 20.5. The molecule has 2 N–H and O–H groups in total. The molecule has 28 heavy (non-hydrogen) atoms. The van der Waals surface area contributed by atoms with Crippen molar-refractivity contribution in [2.75, 3.05) is 0 Å². The lowest BCUT2D eigenvalue weighted by Crippen LogP contribution is -2.02. The van der Waals surface area contributed by atoms with Gasteiger partial charge in [0.25, 0.3) is 0 Å². The van der Waals surface area contributed by atoms with Crippen LogP contribution in [0.5, 0.6) is 0 Å². The quantitative estimate of drug-likeness (QED) is 0.256. The summed E-state index contributed by atoms with van der Waals surface area (Å²) in [4.78, 5) is 8.62. The van der Waals surface area contributed by atoms with E-state index in [0.717, 1.165) is 21.5 Å². The third-order valence-electron chi connectivity index (χ3n) is 4.34. The molecule has 4 rings (SSSR count). The van der Waals surface area contributed by atoms with Gasteiger partial charge in [0, 0.05) is 4.90 Å². The van der Waals surface area contributed by atoms with E-state index >= 15 is 0 Å². The molecule has 0 radical (unpaired) electrons. The fourth-order valence-electron chi connectivity index (χ4n) is 2.98. The number of H-pyrrole nitrogens is 1. The summed E-state index contributed by atoms with van der Waals surface area (Å²) >= 11 is 1.49. The number of nitrogens with one attached hydrogen (secondary N) is 1. The molecule has 0 aliphatic rings. The molecule has 0 amide bonds. The Bertz CT molecular complexity index is 1130. The molecule has 4 nitrogen and oxygen atoms in total. The number of hydrogen-bond acceptors (Lipinski definition) is 4. The molecule has 1 aromatic heterocycles. The average Bonchev–Trinajstić information content (AvgIpc) is 3.17. The number of benzene rings is 3. The first-order chi connectivity index (χ1) is 13.8. The van der Waals surface area contributed by atoms with Crippen molar-refractivity contribution in [1.82, 2.24) is 9.97 Å². The zero-order valence-electron chi connectivity index (χ0n) is 14.9. The van der Waals surface area contributed by atoms with Crippen molar-refractivity contribution >= 4 is 28.4 Å². The van der Waals surface area contributed by atoms with Crippen LogP contribution in [0.2, 0.25) is 0 Å². The molecule has 0 unspecified atom stereocenters. The van der Waals surface area contributed by atoms with E-state index in [0.29, 0.717) is 5.82 Å². The van der Waals surface area contributed by atoms with Crippen LogP contribution < -0.4 is 0 Å². The third-order valence-corrected chi connectivity index (χ3v) is 5.62. The Labute approximate surface area is 167 Å². The van der Waals surface area contributed by atoms with Crippen LogP contribution in [0.25, 0.3) is 16.6 Å². The first kappa shape index (κ1) is 17.9. The summed E-state index contributed by atoms with van der Waals surface area (Å²) in [5.74, 6) is 0.359. The Balaban J connectivity index is 1.81. The Hall–Kier alpha value is -3.49. The molecule has 0 spiro atoms. The van der Waals surface area contributed by atoms with Crippen LogP contribution in [0.3, 0.4) is 0 Å². The molecule has 136 valence electrons. The lowest BCUT2D eigenvalue weighted by molar-refractivity contribution is 0.399. The summed E-state index contributed by atoms with van der Waals surface area (Å²) in [7, 11) is 0. The Morgan fingerprint density at radius 3 is 2.25 bits per heavy atom. The predicted molar refractivity (Wildman–Crippen MR) is 113 cm³/mol.